The third-order valence-corrected chi connectivity index (χ3v) is 7.74. The minimum atomic E-state index is -3.65. The molecule has 8 heteroatoms. The first kappa shape index (κ1) is 17.9. The number of thioether (sulfide) groups is 1. The van der Waals surface area contributed by atoms with E-state index in [2.05, 4.69) is 0 Å². The summed E-state index contributed by atoms with van der Waals surface area (Å²) in [6, 6.07) is 11.8. The highest BCUT2D eigenvalue weighted by atomic mass is 35.5. The van der Waals surface area contributed by atoms with Crippen molar-refractivity contribution in [3.05, 3.63) is 58.1 Å². The second kappa shape index (κ2) is 7.14. The second-order valence-corrected chi connectivity index (χ2v) is 9.08. The van der Waals surface area contributed by atoms with Gasteiger partial charge in [0.25, 0.3) is 0 Å². The Morgan fingerprint density at radius 2 is 1.83 bits per heavy atom. The highest BCUT2D eigenvalue weighted by molar-refractivity contribution is 8.01. The van der Waals surface area contributed by atoms with Crippen molar-refractivity contribution in [2.24, 2.45) is 0 Å². The molecule has 4 nitrogen and oxygen atoms in total. The van der Waals surface area contributed by atoms with Gasteiger partial charge in [0.2, 0.25) is 10.0 Å². The maximum Gasteiger partial charge on any atom is 0.244 e. The Labute approximate surface area is 155 Å². The van der Waals surface area contributed by atoms with E-state index in [0.717, 1.165) is 17.1 Å². The molecule has 2 aromatic rings. The van der Waals surface area contributed by atoms with Crippen LogP contribution < -0.4 is 4.74 Å². The molecule has 0 spiro atoms. The highest BCUT2D eigenvalue weighted by Crippen LogP contribution is 2.42. The van der Waals surface area contributed by atoms with Crippen LogP contribution in [0.1, 0.15) is 10.9 Å². The van der Waals surface area contributed by atoms with Crippen LogP contribution in [0.3, 0.4) is 0 Å². The van der Waals surface area contributed by atoms with Gasteiger partial charge in [-0.2, -0.15) is 4.31 Å². The van der Waals surface area contributed by atoms with Crippen LogP contribution in [-0.2, 0) is 10.0 Å². The van der Waals surface area contributed by atoms with Gasteiger partial charge in [0, 0.05) is 12.3 Å². The Morgan fingerprint density at radius 3 is 2.46 bits per heavy atom. The van der Waals surface area contributed by atoms with Gasteiger partial charge in [-0.15, -0.1) is 11.8 Å². The first-order chi connectivity index (χ1) is 11.4. The van der Waals surface area contributed by atoms with Crippen molar-refractivity contribution in [2.45, 2.75) is 10.3 Å². The van der Waals surface area contributed by atoms with Crippen molar-refractivity contribution in [3.63, 3.8) is 0 Å². The topological polar surface area (TPSA) is 46.6 Å². The molecule has 1 aliphatic heterocycles. The van der Waals surface area contributed by atoms with Gasteiger partial charge in [-0.05, 0) is 35.9 Å². The number of sulfonamides is 1. The van der Waals surface area contributed by atoms with Crippen LogP contribution in [0.25, 0.3) is 0 Å². The van der Waals surface area contributed by atoms with Crippen molar-refractivity contribution in [1.29, 1.82) is 0 Å². The Balaban J connectivity index is 1.94. The molecule has 3 rings (SSSR count). The molecule has 0 saturated carbocycles. The van der Waals surface area contributed by atoms with E-state index in [0.29, 0.717) is 11.6 Å². The Bertz CT molecular complexity index is 841. The summed E-state index contributed by atoms with van der Waals surface area (Å²) in [5.41, 5.74) is 0.918. The first-order valence-corrected chi connectivity index (χ1v) is 10.4. The van der Waals surface area contributed by atoms with Gasteiger partial charge < -0.3 is 4.74 Å². The van der Waals surface area contributed by atoms with Crippen LogP contribution in [0.2, 0.25) is 10.0 Å². The molecule has 0 unspecified atom stereocenters. The lowest BCUT2D eigenvalue weighted by Crippen LogP contribution is -2.30. The summed E-state index contributed by atoms with van der Waals surface area (Å²) in [5.74, 6) is 1.47. The zero-order valence-corrected chi connectivity index (χ0v) is 15.9. The molecule has 0 radical (unpaired) electrons. The lowest BCUT2D eigenvalue weighted by Gasteiger charge is -2.24. The maximum atomic E-state index is 13.0. The average molecular weight is 404 g/mol. The third-order valence-electron chi connectivity index (χ3n) is 3.75. The monoisotopic (exact) mass is 403 g/mol. The van der Waals surface area contributed by atoms with Crippen LogP contribution in [0.15, 0.2) is 47.4 Å². The third kappa shape index (κ3) is 3.39. The minimum absolute atomic E-state index is 0.151. The van der Waals surface area contributed by atoms with E-state index in [4.69, 9.17) is 27.9 Å². The number of ether oxygens (including phenoxy) is 1. The standard InChI is InChI=1S/C16H15Cl2NO3S2/c1-22-12-4-2-11(3-5-12)16-19(8-9-23-16)24(20,21)13-6-7-14(17)15(18)10-13/h2-7,10,16H,8-9H2,1H3/t16-/m1/s1. The largest absolute Gasteiger partial charge is 0.497 e. The molecule has 0 N–H and O–H groups in total. The summed E-state index contributed by atoms with van der Waals surface area (Å²) in [5, 5.41) is 0.291. The van der Waals surface area contributed by atoms with Crippen molar-refractivity contribution < 1.29 is 13.2 Å². The predicted octanol–water partition coefficient (Wildman–Crippen LogP) is 4.44. The fourth-order valence-corrected chi connectivity index (χ4v) is 6.14. The van der Waals surface area contributed by atoms with Gasteiger partial charge in [0.05, 0.1) is 27.4 Å². The zero-order valence-electron chi connectivity index (χ0n) is 12.8. The summed E-state index contributed by atoms with van der Waals surface area (Å²) in [4.78, 5) is 0.151. The second-order valence-electron chi connectivity index (χ2n) is 5.19. The van der Waals surface area contributed by atoms with Gasteiger partial charge in [-0.25, -0.2) is 8.42 Å². The number of halogens is 2. The van der Waals surface area contributed by atoms with Crippen LogP contribution in [-0.4, -0.2) is 32.1 Å². The number of hydrogen-bond acceptors (Lipinski definition) is 4. The average Bonchev–Trinajstić information content (AvgIpc) is 3.08. The summed E-state index contributed by atoms with van der Waals surface area (Å²) in [6.07, 6.45) is 0. The van der Waals surface area contributed by atoms with Crippen LogP contribution >= 0.6 is 35.0 Å². The van der Waals surface area contributed by atoms with Gasteiger partial charge in [0.1, 0.15) is 5.75 Å². The maximum absolute atomic E-state index is 13.0. The van der Waals surface area contributed by atoms with Crippen LogP contribution in [0.4, 0.5) is 0 Å². The van der Waals surface area contributed by atoms with E-state index < -0.39 is 10.0 Å². The van der Waals surface area contributed by atoms with Gasteiger partial charge in [-0.3, -0.25) is 0 Å². The number of hydrogen-bond donors (Lipinski definition) is 0. The van der Waals surface area contributed by atoms with Gasteiger partial charge >= 0.3 is 0 Å². The molecule has 1 fully saturated rings. The molecule has 0 aliphatic carbocycles. The van der Waals surface area contributed by atoms with E-state index in [1.54, 1.807) is 18.9 Å². The summed E-state index contributed by atoms with van der Waals surface area (Å²) < 4.78 is 32.6. The molecule has 1 heterocycles. The van der Waals surface area contributed by atoms with Crippen molar-refractivity contribution in [2.75, 3.05) is 19.4 Å². The quantitative estimate of drug-likeness (QED) is 0.756. The number of benzene rings is 2. The number of rotatable bonds is 4. The molecule has 1 saturated heterocycles. The van der Waals surface area contributed by atoms with Crippen LogP contribution in [0, 0.1) is 0 Å². The van der Waals surface area contributed by atoms with Gasteiger partial charge in [-0.1, -0.05) is 35.3 Å². The highest BCUT2D eigenvalue weighted by Gasteiger charge is 2.37. The molecule has 0 aromatic heterocycles. The fourth-order valence-electron chi connectivity index (χ4n) is 2.50. The zero-order chi connectivity index (χ0) is 17.3. The molecule has 1 atom stereocenters. The fraction of sp³-hybridized carbons (Fsp3) is 0.250. The Hall–Kier alpha value is -0.920. The van der Waals surface area contributed by atoms with Crippen LogP contribution in [0.5, 0.6) is 5.75 Å². The smallest absolute Gasteiger partial charge is 0.244 e. The Kier molecular flexibility index (Phi) is 5.32. The number of methoxy groups -OCH3 is 1. The van der Waals surface area contributed by atoms with E-state index >= 15 is 0 Å². The van der Waals surface area contributed by atoms with E-state index in [1.165, 1.54) is 22.5 Å². The van der Waals surface area contributed by atoms with E-state index in [9.17, 15) is 8.42 Å². The minimum Gasteiger partial charge on any atom is -0.497 e. The molecule has 0 amide bonds. The van der Waals surface area contributed by atoms with Crippen molar-refractivity contribution in [1.82, 2.24) is 4.31 Å². The molecule has 0 bridgehead atoms. The molecule has 1 aliphatic rings. The molecule has 2 aromatic carbocycles. The summed E-state index contributed by atoms with van der Waals surface area (Å²) >= 11 is 13.5. The van der Waals surface area contributed by atoms with Crippen molar-refractivity contribution >= 4 is 45.0 Å². The van der Waals surface area contributed by atoms with Crippen molar-refractivity contribution in [3.8, 4) is 5.75 Å². The normalized spacial score (nSPS) is 18.7. The summed E-state index contributed by atoms with van der Waals surface area (Å²) in [6.45, 7) is 0.448. The SMILES string of the molecule is COc1ccc([C@H]2SCCN2S(=O)(=O)c2ccc(Cl)c(Cl)c2)cc1. The number of nitrogens with zero attached hydrogens (tertiary/aromatic N) is 1. The summed E-state index contributed by atoms with van der Waals surface area (Å²) in [7, 11) is -2.06. The predicted molar refractivity (Wildman–Crippen MR) is 98.5 cm³/mol. The molecular formula is C16H15Cl2NO3S2. The van der Waals surface area contributed by atoms with E-state index in [-0.39, 0.29) is 15.3 Å². The molecular weight excluding hydrogens is 389 g/mol. The lowest BCUT2D eigenvalue weighted by molar-refractivity contribution is 0.413. The Morgan fingerprint density at radius 1 is 1.12 bits per heavy atom. The molecule has 24 heavy (non-hydrogen) atoms. The lowest BCUT2D eigenvalue weighted by atomic mass is 10.2. The molecule has 128 valence electrons. The van der Waals surface area contributed by atoms with Gasteiger partial charge in [0.15, 0.2) is 0 Å². The van der Waals surface area contributed by atoms with E-state index in [1.807, 2.05) is 24.3 Å². The first-order valence-electron chi connectivity index (χ1n) is 7.16.